The minimum absolute atomic E-state index is 0.484. The van der Waals surface area contributed by atoms with Crippen molar-refractivity contribution in [1.29, 1.82) is 0 Å². The highest BCUT2D eigenvalue weighted by Crippen LogP contribution is 2.27. The molecule has 2 aromatic rings. The predicted molar refractivity (Wildman–Crippen MR) is 67.0 cm³/mol. The third-order valence-electron chi connectivity index (χ3n) is 3.01. The molecule has 0 radical (unpaired) electrons. The van der Waals surface area contributed by atoms with Gasteiger partial charge in [-0.15, -0.1) is 10.2 Å². The van der Waals surface area contributed by atoms with E-state index >= 15 is 0 Å². The summed E-state index contributed by atoms with van der Waals surface area (Å²) < 4.78 is 5.34. The average Bonchev–Trinajstić information content (AvgIpc) is 2.41. The lowest BCUT2D eigenvalue weighted by atomic mass is 10.1. The van der Waals surface area contributed by atoms with Gasteiger partial charge in [0.25, 0.3) is 0 Å². The van der Waals surface area contributed by atoms with Crippen LogP contribution < -0.4 is 10.6 Å². The molecule has 2 heterocycles. The van der Waals surface area contributed by atoms with E-state index in [1.54, 1.807) is 0 Å². The molecule has 0 bridgehead atoms. The molecule has 1 aliphatic rings. The van der Waals surface area contributed by atoms with Gasteiger partial charge in [0, 0.05) is 23.9 Å². The van der Waals surface area contributed by atoms with Crippen molar-refractivity contribution in [3.05, 3.63) is 24.3 Å². The van der Waals surface area contributed by atoms with Crippen molar-refractivity contribution in [3.8, 4) is 0 Å². The zero-order chi connectivity index (χ0) is 11.7. The normalized spacial score (nSPS) is 16.4. The van der Waals surface area contributed by atoms with Gasteiger partial charge in [-0.1, -0.05) is 24.3 Å². The number of nitrogens with two attached hydrogens (primary N) is 1. The Kier molecular flexibility index (Phi) is 2.53. The van der Waals surface area contributed by atoms with Gasteiger partial charge in [0.15, 0.2) is 11.6 Å². The molecule has 1 saturated heterocycles. The highest BCUT2D eigenvalue weighted by Gasteiger charge is 2.16. The largest absolute Gasteiger partial charge is 0.382 e. The van der Waals surface area contributed by atoms with Crippen molar-refractivity contribution in [2.75, 3.05) is 36.9 Å². The number of nitrogen functional groups attached to an aromatic ring is 1. The first-order valence-corrected chi connectivity index (χ1v) is 5.70. The highest BCUT2D eigenvalue weighted by atomic mass is 16.5. The van der Waals surface area contributed by atoms with Gasteiger partial charge in [0.2, 0.25) is 0 Å². The number of fused-ring (bicyclic) bond motifs is 1. The molecule has 0 aliphatic carbocycles. The summed E-state index contributed by atoms with van der Waals surface area (Å²) in [5, 5.41) is 10.3. The number of ether oxygens (including phenoxy) is 1. The second kappa shape index (κ2) is 4.18. The highest BCUT2D eigenvalue weighted by molar-refractivity contribution is 5.97. The number of aromatic nitrogens is 2. The topological polar surface area (TPSA) is 64.3 Å². The minimum atomic E-state index is 0.484. The number of anilines is 2. The van der Waals surface area contributed by atoms with Crippen LogP contribution in [0, 0.1) is 0 Å². The fourth-order valence-electron chi connectivity index (χ4n) is 2.12. The number of morpholine rings is 1. The molecule has 0 unspecified atom stereocenters. The Bertz CT molecular complexity index is 537. The van der Waals surface area contributed by atoms with Crippen molar-refractivity contribution >= 4 is 22.4 Å². The van der Waals surface area contributed by atoms with Crippen LogP contribution in [-0.4, -0.2) is 36.5 Å². The van der Waals surface area contributed by atoms with E-state index in [9.17, 15) is 0 Å². The van der Waals surface area contributed by atoms with E-state index in [4.69, 9.17) is 10.5 Å². The first kappa shape index (κ1) is 10.3. The lowest BCUT2D eigenvalue weighted by molar-refractivity contribution is 0.122. The number of hydrogen-bond acceptors (Lipinski definition) is 5. The van der Waals surface area contributed by atoms with E-state index in [1.807, 2.05) is 24.3 Å². The second-order valence-corrected chi connectivity index (χ2v) is 4.05. The molecule has 17 heavy (non-hydrogen) atoms. The van der Waals surface area contributed by atoms with Gasteiger partial charge in [0.05, 0.1) is 13.2 Å². The Morgan fingerprint density at radius 1 is 1.06 bits per heavy atom. The maximum absolute atomic E-state index is 5.84. The third kappa shape index (κ3) is 1.78. The molecular weight excluding hydrogens is 216 g/mol. The predicted octanol–water partition coefficient (Wildman–Crippen LogP) is 1.05. The SMILES string of the molecule is Nc1nnc(N2CCOCC2)c2ccccc12. The summed E-state index contributed by atoms with van der Waals surface area (Å²) in [5.41, 5.74) is 5.84. The molecule has 1 aromatic heterocycles. The van der Waals surface area contributed by atoms with E-state index in [0.717, 1.165) is 42.9 Å². The van der Waals surface area contributed by atoms with Crippen LogP contribution in [0.1, 0.15) is 0 Å². The number of rotatable bonds is 1. The lowest BCUT2D eigenvalue weighted by Crippen LogP contribution is -2.37. The van der Waals surface area contributed by atoms with Gasteiger partial charge in [-0.2, -0.15) is 0 Å². The second-order valence-electron chi connectivity index (χ2n) is 4.05. The molecule has 0 saturated carbocycles. The monoisotopic (exact) mass is 230 g/mol. The summed E-state index contributed by atoms with van der Waals surface area (Å²) >= 11 is 0. The van der Waals surface area contributed by atoms with Crippen LogP contribution >= 0.6 is 0 Å². The van der Waals surface area contributed by atoms with E-state index < -0.39 is 0 Å². The zero-order valence-corrected chi connectivity index (χ0v) is 9.47. The first-order valence-electron chi connectivity index (χ1n) is 5.70. The number of hydrogen-bond donors (Lipinski definition) is 1. The summed E-state index contributed by atoms with van der Waals surface area (Å²) in [6.07, 6.45) is 0. The lowest BCUT2D eigenvalue weighted by Gasteiger charge is -2.28. The molecular formula is C12H14N4O. The fourth-order valence-corrected chi connectivity index (χ4v) is 2.12. The third-order valence-corrected chi connectivity index (χ3v) is 3.01. The standard InChI is InChI=1S/C12H14N4O/c13-11-9-3-1-2-4-10(9)12(15-14-11)16-5-7-17-8-6-16/h1-4H,5-8H2,(H2,13,14). The van der Waals surface area contributed by atoms with Crippen molar-refractivity contribution in [3.63, 3.8) is 0 Å². The molecule has 0 spiro atoms. The molecule has 1 aliphatic heterocycles. The summed E-state index contributed by atoms with van der Waals surface area (Å²) in [7, 11) is 0. The molecule has 2 N–H and O–H groups in total. The summed E-state index contributed by atoms with van der Waals surface area (Å²) in [5.74, 6) is 1.38. The first-order chi connectivity index (χ1) is 8.36. The van der Waals surface area contributed by atoms with Crippen molar-refractivity contribution in [1.82, 2.24) is 10.2 Å². The molecule has 1 aromatic carbocycles. The number of nitrogens with zero attached hydrogens (tertiary/aromatic N) is 3. The van der Waals surface area contributed by atoms with Crippen molar-refractivity contribution < 1.29 is 4.74 Å². The maximum Gasteiger partial charge on any atom is 0.159 e. The van der Waals surface area contributed by atoms with E-state index in [0.29, 0.717) is 5.82 Å². The van der Waals surface area contributed by atoms with E-state index in [1.165, 1.54) is 0 Å². The Labute approximate surface area is 99.2 Å². The molecule has 88 valence electrons. The molecule has 5 nitrogen and oxygen atoms in total. The van der Waals surface area contributed by atoms with Crippen LogP contribution in [0.15, 0.2) is 24.3 Å². The van der Waals surface area contributed by atoms with Crippen LogP contribution in [0.3, 0.4) is 0 Å². The molecule has 0 atom stereocenters. The van der Waals surface area contributed by atoms with Gasteiger partial charge < -0.3 is 15.4 Å². The van der Waals surface area contributed by atoms with Gasteiger partial charge in [-0.05, 0) is 0 Å². The van der Waals surface area contributed by atoms with Gasteiger partial charge in [-0.25, -0.2) is 0 Å². The molecule has 5 heteroatoms. The Hall–Kier alpha value is -1.88. The number of benzene rings is 1. The Balaban J connectivity index is 2.12. The molecule has 3 rings (SSSR count). The summed E-state index contributed by atoms with van der Waals surface area (Å²) in [6, 6.07) is 7.96. The average molecular weight is 230 g/mol. The minimum Gasteiger partial charge on any atom is -0.382 e. The van der Waals surface area contributed by atoms with Crippen LogP contribution in [0.5, 0.6) is 0 Å². The summed E-state index contributed by atoms with van der Waals surface area (Å²) in [4.78, 5) is 2.19. The summed E-state index contributed by atoms with van der Waals surface area (Å²) in [6.45, 7) is 3.17. The Morgan fingerprint density at radius 3 is 2.53 bits per heavy atom. The van der Waals surface area contributed by atoms with Gasteiger partial charge in [-0.3, -0.25) is 0 Å². The van der Waals surface area contributed by atoms with Gasteiger partial charge >= 0.3 is 0 Å². The van der Waals surface area contributed by atoms with Crippen LogP contribution in [-0.2, 0) is 4.74 Å². The van der Waals surface area contributed by atoms with Crippen LogP contribution in [0.25, 0.3) is 10.8 Å². The maximum atomic E-state index is 5.84. The zero-order valence-electron chi connectivity index (χ0n) is 9.47. The fraction of sp³-hybridized carbons (Fsp3) is 0.333. The van der Waals surface area contributed by atoms with Crippen molar-refractivity contribution in [2.45, 2.75) is 0 Å². The smallest absolute Gasteiger partial charge is 0.159 e. The quantitative estimate of drug-likeness (QED) is 0.793. The van der Waals surface area contributed by atoms with E-state index in [-0.39, 0.29) is 0 Å². The molecule has 0 amide bonds. The van der Waals surface area contributed by atoms with Crippen LogP contribution in [0.4, 0.5) is 11.6 Å². The van der Waals surface area contributed by atoms with Crippen molar-refractivity contribution in [2.24, 2.45) is 0 Å². The van der Waals surface area contributed by atoms with Gasteiger partial charge in [0.1, 0.15) is 0 Å². The van der Waals surface area contributed by atoms with Crippen LogP contribution in [0.2, 0.25) is 0 Å². The molecule has 1 fully saturated rings. The van der Waals surface area contributed by atoms with E-state index in [2.05, 4.69) is 15.1 Å². The Morgan fingerprint density at radius 2 is 1.76 bits per heavy atom.